The van der Waals surface area contributed by atoms with Gasteiger partial charge in [-0.15, -0.1) is 0 Å². The molecule has 1 atom stereocenters. The maximum Gasteiger partial charge on any atom is 0.248 e. The number of primary amides is 1. The molecule has 0 fully saturated rings. The summed E-state index contributed by atoms with van der Waals surface area (Å²) in [6.45, 7) is 2.39. The molecule has 1 amide bonds. The number of nitrogens with one attached hydrogen (secondary N) is 1. The van der Waals surface area contributed by atoms with E-state index in [2.05, 4.69) is 5.32 Å². The average Bonchev–Trinajstić information content (AvgIpc) is 2.47. The predicted octanol–water partition coefficient (Wildman–Crippen LogP) is 2.05. The maximum absolute atomic E-state index is 11.1. The molecule has 0 aromatic heterocycles. The van der Waals surface area contributed by atoms with E-state index in [0.717, 1.165) is 5.56 Å². The molecule has 1 unspecified atom stereocenters. The molecule has 0 saturated carbocycles. The normalized spacial score (nSPS) is 12.0. The monoisotopic (exact) mass is 286 g/mol. The zero-order valence-corrected chi connectivity index (χ0v) is 11.7. The van der Waals surface area contributed by atoms with Crippen molar-refractivity contribution in [2.24, 2.45) is 5.73 Å². The summed E-state index contributed by atoms with van der Waals surface area (Å²) >= 11 is 0. The Hall–Kier alpha value is -2.53. The van der Waals surface area contributed by atoms with Gasteiger partial charge in [0.15, 0.2) is 0 Å². The van der Waals surface area contributed by atoms with Gasteiger partial charge >= 0.3 is 0 Å². The van der Waals surface area contributed by atoms with E-state index >= 15 is 0 Å². The SMILES string of the molecule is CC(NCc1cccc(C(N)=O)c1)c1cc(O)ccc1O. The maximum atomic E-state index is 11.1. The van der Waals surface area contributed by atoms with Crippen LogP contribution in [0.25, 0.3) is 0 Å². The molecule has 0 heterocycles. The quantitative estimate of drug-likeness (QED) is 0.633. The van der Waals surface area contributed by atoms with Gasteiger partial charge in [0.1, 0.15) is 11.5 Å². The number of phenols is 2. The highest BCUT2D eigenvalue weighted by atomic mass is 16.3. The molecule has 110 valence electrons. The van der Waals surface area contributed by atoms with E-state index in [-0.39, 0.29) is 17.5 Å². The summed E-state index contributed by atoms with van der Waals surface area (Å²) in [5.74, 6) is -0.235. The van der Waals surface area contributed by atoms with Gasteiger partial charge < -0.3 is 21.3 Å². The minimum absolute atomic E-state index is 0.104. The lowest BCUT2D eigenvalue weighted by molar-refractivity contribution is 0.1000. The number of benzene rings is 2. The van der Waals surface area contributed by atoms with Gasteiger partial charge in [0.2, 0.25) is 5.91 Å². The molecule has 0 spiro atoms. The first-order valence-corrected chi connectivity index (χ1v) is 6.61. The van der Waals surface area contributed by atoms with Crippen LogP contribution in [0.2, 0.25) is 0 Å². The molecule has 5 heteroatoms. The van der Waals surface area contributed by atoms with Gasteiger partial charge in [-0.1, -0.05) is 12.1 Å². The molecular weight excluding hydrogens is 268 g/mol. The standard InChI is InChI=1S/C16H18N2O3/c1-10(14-8-13(19)5-6-15(14)20)18-9-11-3-2-4-12(7-11)16(17)21/h2-8,10,18-20H,9H2,1H3,(H2,17,21). The summed E-state index contributed by atoms with van der Waals surface area (Å²) in [4.78, 5) is 11.1. The van der Waals surface area contributed by atoms with E-state index in [9.17, 15) is 15.0 Å². The largest absolute Gasteiger partial charge is 0.508 e. The first kappa shape index (κ1) is 14.9. The fraction of sp³-hybridized carbons (Fsp3) is 0.188. The topological polar surface area (TPSA) is 95.6 Å². The number of carbonyl (C=O) groups excluding carboxylic acids is 1. The van der Waals surface area contributed by atoms with Crippen LogP contribution < -0.4 is 11.1 Å². The molecule has 0 aliphatic heterocycles. The highest BCUT2D eigenvalue weighted by Gasteiger charge is 2.11. The van der Waals surface area contributed by atoms with Crippen LogP contribution in [0.15, 0.2) is 42.5 Å². The Balaban J connectivity index is 2.07. The van der Waals surface area contributed by atoms with Crippen LogP contribution in [-0.2, 0) is 6.54 Å². The van der Waals surface area contributed by atoms with Crippen LogP contribution in [0.4, 0.5) is 0 Å². The summed E-state index contributed by atoms with van der Waals surface area (Å²) in [6.07, 6.45) is 0. The van der Waals surface area contributed by atoms with Crippen molar-refractivity contribution in [1.82, 2.24) is 5.32 Å². The van der Waals surface area contributed by atoms with Crippen molar-refractivity contribution in [1.29, 1.82) is 0 Å². The third kappa shape index (κ3) is 3.73. The first-order chi connectivity index (χ1) is 9.97. The third-order valence-corrected chi connectivity index (χ3v) is 3.30. The Morgan fingerprint density at radius 3 is 2.71 bits per heavy atom. The fourth-order valence-corrected chi connectivity index (χ4v) is 2.10. The second kappa shape index (κ2) is 6.28. The molecule has 5 N–H and O–H groups in total. The lowest BCUT2D eigenvalue weighted by atomic mass is 10.1. The van der Waals surface area contributed by atoms with Gasteiger partial charge in [0.05, 0.1) is 0 Å². The van der Waals surface area contributed by atoms with Crippen molar-refractivity contribution in [3.63, 3.8) is 0 Å². The highest BCUT2D eigenvalue weighted by Crippen LogP contribution is 2.27. The summed E-state index contributed by atoms with van der Waals surface area (Å²) in [7, 11) is 0. The zero-order chi connectivity index (χ0) is 15.4. The molecule has 5 nitrogen and oxygen atoms in total. The molecular formula is C16H18N2O3. The number of aromatic hydroxyl groups is 2. The molecule has 21 heavy (non-hydrogen) atoms. The molecule has 0 saturated heterocycles. The van der Waals surface area contributed by atoms with Crippen molar-refractivity contribution in [3.8, 4) is 11.5 Å². The van der Waals surface area contributed by atoms with Gasteiger partial charge in [-0.25, -0.2) is 0 Å². The summed E-state index contributed by atoms with van der Waals surface area (Å²) in [6, 6.07) is 11.3. The van der Waals surface area contributed by atoms with Crippen molar-refractivity contribution in [3.05, 3.63) is 59.2 Å². The number of amides is 1. The lowest BCUT2D eigenvalue weighted by Gasteiger charge is -2.16. The van der Waals surface area contributed by atoms with Gasteiger partial charge in [-0.05, 0) is 42.8 Å². The van der Waals surface area contributed by atoms with E-state index in [1.54, 1.807) is 18.2 Å². The number of nitrogens with two attached hydrogens (primary N) is 1. The van der Waals surface area contributed by atoms with Crippen LogP contribution in [0, 0.1) is 0 Å². The highest BCUT2D eigenvalue weighted by molar-refractivity contribution is 5.92. The summed E-state index contributed by atoms with van der Waals surface area (Å²) < 4.78 is 0. The molecule has 0 bridgehead atoms. The lowest BCUT2D eigenvalue weighted by Crippen LogP contribution is -2.19. The van der Waals surface area contributed by atoms with Crippen LogP contribution in [0.3, 0.4) is 0 Å². The predicted molar refractivity (Wildman–Crippen MR) is 80.0 cm³/mol. The number of carbonyl (C=O) groups is 1. The van der Waals surface area contributed by atoms with Crippen molar-refractivity contribution >= 4 is 5.91 Å². The first-order valence-electron chi connectivity index (χ1n) is 6.61. The Morgan fingerprint density at radius 2 is 2.00 bits per heavy atom. The van der Waals surface area contributed by atoms with E-state index in [1.807, 2.05) is 13.0 Å². The van der Waals surface area contributed by atoms with Crippen LogP contribution in [-0.4, -0.2) is 16.1 Å². The van der Waals surface area contributed by atoms with Crippen LogP contribution >= 0.6 is 0 Å². The van der Waals surface area contributed by atoms with Gasteiger partial charge in [-0.2, -0.15) is 0 Å². The van der Waals surface area contributed by atoms with E-state index < -0.39 is 5.91 Å². The van der Waals surface area contributed by atoms with E-state index in [1.165, 1.54) is 18.2 Å². The van der Waals surface area contributed by atoms with Gasteiger partial charge in [0, 0.05) is 23.7 Å². The third-order valence-electron chi connectivity index (χ3n) is 3.30. The Labute approximate surface area is 123 Å². The molecule has 0 aliphatic carbocycles. The van der Waals surface area contributed by atoms with Crippen LogP contribution in [0.1, 0.15) is 34.5 Å². The minimum Gasteiger partial charge on any atom is -0.508 e. The minimum atomic E-state index is -0.462. The molecule has 2 aromatic rings. The van der Waals surface area contributed by atoms with Crippen molar-refractivity contribution in [2.75, 3.05) is 0 Å². The number of rotatable bonds is 5. The Morgan fingerprint density at radius 1 is 1.24 bits per heavy atom. The van der Waals surface area contributed by atoms with Crippen molar-refractivity contribution < 1.29 is 15.0 Å². The Kier molecular flexibility index (Phi) is 4.45. The summed E-state index contributed by atoms with van der Waals surface area (Å²) in [5.41, 5.74) is 7.23. The second-order valence-corrected chi connectivity index (χ2v) is 4.91. The molecule has 2 rings (SSSR count). The fourth-order valence-electron chi connectivity index (χ4n) is 2.10. The zero-order valence-electron chi connectivity index (χ0n) is 11.7. The number of phenolic OH excluding ortho intramolecular Hbond substituents is 2. The molecule has 2 aromatic carbocycles. The second-order valence-electron chi connectivity index (χ2n) is 4.91. The van der Waals surface area contributed by atoms with E-state index in [0.29, 0.717) is 17.7 Å². The number of hydrogen-bond donors (Lipinski definition) is 4. The Bertz CT molecular complexity index is 656. The van der Waals surface area contributed by atoms with Gasteiger partial charge in [0.25, 0.3) is 0 Å². The van der Waals surface area contributed by atoms with Gasteiger partial charge in [-0.3, -0.25) is 4.79 Å². The average molecular weight is 286 g/mol. The van der Waals surface area contributed by atoms with E-state index in [4.69, 9.17) is 5.73 Å². The summed E-state index contributed by atoms with van der Waals surface area (Å²) in [5, 5.41) is 22.5. The van der Waals surface area contributed by atoms with Crippen LogP contribution in [0.5, 0.6) is 11.5 Å². The smallest absolute Gasteiger partial charge is 0.248 e. The molecule has 0 aliphatic rings. The molecule has 0 radical (unpaired) electrons. The van der Waals surface area contributed by atoms with Crippen molar-refractivity contribution in [2.45, 2.75) is 19.5 Å². The number of hydrogen-bond acceptors (Lipinski definition) is 4.